The number of hydrogen-bond acceptors (Lipinski definition) is 2. The molecule has 0 amide bonds. The lowest BCUT2D eigenvalue weighted by Crippen LogP contribution is -2.40. The van der Waals surface area contributed by atoms with E-state index in [0.29, 0.717) is 5.92 Å². The van der Waals surface area contributed by atoms with E-state index in [-0.39, 0.29) is 5.41 Å². The average molecular weight is 329 g/mol. The SMILES string of the molecule is CCNC(=NCC1(c2ccccc2C)CC1)N1CCC(COC)C1. The average Bonchev–Trinajstić information content (AvgIpc) is 3.23. The lowest BCUT2D eigenvalue weighted by Gasteiger charge is -2.23. The first-order valence-corrected chi connectivity index (χ1v) is 9.27. The molecule has 1 saturated carbocycles. The molecule has 0 bridgehead atoms. The van der Waals surface area contributed by atoms with Gasteiger partial charge in [0.05, 0.1) is 13.2 Å². The van der Waals surface area contributed by atoms with Gasteiger partial charge in [-0.15, -0.1) is 0 Å². The van der Waals surface area contributed by atoms with Crippen LogP contribution in [-0.4, -0.2) is 50.8 Å². The van der Waals surface area contributed by atoms with E-state index in [1.165, 1.54) is 30.4 Å². The molecule has 2 aliphatic rings. The van der Waals surface area contributed by atoms with Gasteiger partial charge in [0, 0.05) is 38.1 Å². The van der Waals surface area contributed by atoms with E-state index in [1.807, 2.05) is 0 Å². The lowest BCUT2D eigenvalue weighted by molar-refractivity contribution is 0.157. The van der Waals surface area contributed by atoms with E-state index in [9.17, 15) is 0 Å². The van der Waals surface area contributed by atoms with E-state index in [2.05, 4.69) is 48.3 Å². The zero-order valence-corrected chi connectivity index (χ0v) is 15.3. The molecule has 4 heteroatoms. The Balaban J connectivity index is 1.70. The standard InChI is InChI=1S/C20H31N3O/c1-4-21-19(23-12-9-17(13-23)14-24-3)22-15-20(10-11-20)18-8-6-5-7-16(18)2/h5-8,17H,4,9-15H2,1-3H3,(H,21,22). The quantitative estimate of drug-likeness (QED) is 0.644. The maximum absolute atomic E-state index is 5.32. The van der Waals surface area contributed by atoms with Crippen LogP contribution < -0.4 is 5.32 Å². The fourth-order valence-corrected chi connectivity index (χ4v) is 3.88. The molecule has 2 fully saturated rings. The van der Waals surface area contributed by atoms with E-state index in [4.69, 9.17) is 9.73 Å². The van der Waals surface area contributed by atoms with E-state index < -0.39 is 0 Å². The summed E-state index contributed by atoms with van der Waals surface area (Å²) in [6.45, 7) is 9.16. The van der Waals surface area contributed by atoms with E-state index in [0.717, 1.165) is 38.7 Å². The molecule has 1 atom stereocenters. The molecule has 1 saturated heterocycles. The van der Waals surface area contributed by atoms with Crippen LogP contribution in [-0.2, 0) is 10.2 Å². The van der Waals surface area contributed by atoms with Crippen LogP contribution in [0.4, 0.5) is 0 Å². The zero-order chi connectivity index (χ0) is 17.0. The summed E-state index contributed by atoms with van der Waals surface area (Å²) in [6, 6.07) is 8.80. The van der Waals surface area contributed by atoms with Crippen molar-refractivity contribution in [2.45, 2.75) is 38.5 Å². The Morgan fingerprint density at radius 3 is 2.83 bits per heavy atom. The fourth-order valence-electron chi connectivity index (χ4n) is 3.88. The number of nitrogens with zero attached hydrogens (tertiary/aromatic N) is 2. The third-order valence-corrected chi connectivity index (χ3v) is 5.42. The highest BCUT2D eigenvalue weighted by atomic mass is 16.5. The maximum Gasteiger partial charge on any atom is 0.193 e. The second-order valence-electron chi connectivity index (χ2n) is 7.32. The predicted octanol–water partition coefficient (Wildman–Crippen LogP) is 2.96. The summed E-state index contributed by atoms with van der Waals surface area (Å²) in [6.07, 6.45) is 3.71. The molecule has 0 spiro atoms. The molecule has 1 aromatic carbocycles. The molecule has 24 heavy (non-hydrogen) atoms. The van der Waals surface area contributed by atoms with Crippen LogP contribution >= 0.6 is 0 Å². The molecule has 0 radical (unpaired) electrons. The van der Waals surface area contributed by atoms with Gasteiger partial charge < -0.3 is 15.0 Å². The number of hydrogen-bond donors (Lipinski definition) is 1. The van der Waals surface area contributed by atoms with Crippen molar-refractivity contribution in [1.29, 1.82) is 0 Å². The first-order valence-electron chi connectivity index (χ1n) is 9.27. The minimum absolute atomic E-state index is 0.275. The number of ether oxygens (including phenoxy) is 1. The first kappa shape index (κ1) is 17.3. The van der Waals surface area contributed by atoms with Crippen LogP contribution in [0, 0.1) is 12.8 Å². The van der Waals surface area contributed by atoms with Crippen LogP contribution in [0.2, 0.25) is 0 Å². The maximum atomic E-state index is 5.32. The normalized spacial score (nSPS) is 22.7. The Morgan fingerprint density at radius 2 is 2.17 bits per heavy atom. The number of nitrogens with one attached hydrogen (secondary N) is 1. The number of methoxy groups -OCH3 is 1. The molecule has 1 heterocycles. The van der Waals surface area contributed by atoms with Crippen molar-refractivity contribution in [2.75, 3.05) is 39.9 Å². The molecule has 132 valence electrons. The van der Waals surface area contributed by atoms with Crippen molar-refractivity contribution in [3.05, 3.63) is 35.4 Å². The molecular formula is C20H31N3O. The minimum atomic E-state index is 0.275. The van der Waals surface area contributed by atoms with Gasteiger partial charge in [-0.1, -0.05) is 24.3 Å². The molecular weight excluding hydrogens is 298 g/mol. The molecule has 4 nitrogen and oxygen atoms in total. The van der Waals surface area contributed by atoms with Gasteiger partial charge in [0.15, 0.2) is 5.96 Å². The van der Waals surface area contributed by atoms with Gasteiger partial charge in [0.2, 0.25) is 0 Å². The van der Waals surface area contributed by atoms with Gasteiger partial charge in [-0.05, 0) is 44.2 Å². The van der Waals surface area contributed by atoms with Gasteiger partial charge in [0.1, 0.15) is 0 Å². The molecule has 1 N–H and O–H groups in total. The summed E-state index contributed by atoms with van der Waals surface area (Å²) in [7, 11) is 1.79. The fraction of sp³-hybridized carbons (Fsp3) is 0.650. The number of aryl methyl sites for hydroxylation is 1. The van der Waals surface area contributed by atoms with Crippen molar-refractivity contribution in [3.8, 4) is 0 Å². The van der Waals surface area contributed by atoms with Crippen molar-refractivity contribution in [2.24, 2.45) is 10.9 Å². The smallest absolute Gasteiger partial charge is 0.193 e. The molecule has 1 aliphatic carbocycles. The monoisotopic (exact) mass is 329 g/mol. The van der Waals surface area contributed by atoms with Gasteiger partial charge in [-0.3, -0.25) is 4.99 Å². The van der Waals surface area contributed by atoms with Crippen LogP contribution in [0.1, 0.15) is 37.3 Å². The van der Waals surface area contributed by atoms with E-state index in [1.54, 1.807) is 7.11 Å². The van der Waals surface area contributed by atoms with Gasteiger partial charge in [0.25, 0.3) is 0 Å². The number of guanidine groups is 1. The summed E-state index contributed by atoms with van der Waals surface area (Å²) in [4.78, 5) is 7.44. The number of likely N-dealkylation sites (tertiary alicyclic amines) is 1. The van der Waals surface area contributed by atoms with Crippen LogP contribution in [0.5, 0.6) is 0 Å². The van der Waals surface area contributed by atoms with Crippen molar-refractivity contribution >= 4 is 5.96 Å². The molecule has 1 unspecified atom stereocenters. The highest BCUT2D eigenvalue weighted by Gasteiger charge is 2.45. The van der Waals surface area contributed by atoms with Crippen LogP contribution in [0.15, 0.2) is 29.3 Å². The Kier molecular flexibility index (Phi) is 5.44. The largest absolute Gasteiger partial charge is 0.384 e. The molecule has 0 aromatic heterocycles. The number of rotatable bonds is 6. The summed E-state index contributed by atoms with van der Waals surface area (Å²) in [5, 5.41) is 3.49. The predicted molar refractivity (Wildman–Crippen MR) is 99.6 cm³/mol. The summed E-state index contributed by atoms with van der Waals surface area (Å²) in [5.41, 5.74) is 3.16. The van der Waals surface area contributed by atoms with E-state index >= 15 is 0 Å². The summed E-state index contributed by atoms with van der Waals surface area (Å²) < 4.78 is 5.32. The molecule has 3 rings (SSSR count). The number of benzene rings is 1. The zero-order valence-electron chi connectivity index (χ0n) is 15.3. The van der Waals surface area contributed by atoms with Gasteiger partial charge in [-0.2, -0.15) is 0 Å². The topological polar surface area (TPSA) is 36.9 Å². The minimum Gasteiger partial charge on any atom is -0.384 e. The summed E-state index contributed by atoms with van der Waals surface area (Å²) >= 11 is 0. The van der Waals surface area contributed by atoms with Crippen molar-refractivity contribution in [3.63, 3.8) is 0 Å². The van der Waals surface area contributed by atoms with Crippen LogP contribution in [0.25, 0.3) is 0 Å². The first-order chi connectivity index (χ1) is 11.7. The third kappa shape index (κ3) is 3.75. The Bertz CT molecular complexity index is 580. The van der Waals surface area contributed by atoms with Crippen molar-refractivity contribution in [1.82, 2.24) is 10.2 Å². The molecule has 1 aromatic rings. The third-order valence-electron chi connectivity index (χ3n) is 5.42. The Hall–Kier alpha value is -1.55. The second-order valence-corrected chi connectivity index (χ2v) is 7.32. The van der Waals surface area contributed by atoms with Gasteiger partial charge in [-0.25, -0.2) is 0 Å². The Labute approximate surface area is 146 Å². The van der Waals surface area contributed by atoms with Crippen LogP contribution in [0.3, 0.4) is 0 Å². The van der Waals surface area contributed by atoms with Gasteiger partial charge >= 0.3 is 0 Å². The highest BCUT2D eigenvalue weighted by molar-refractivity contribution is 5.80. The number of aliphatic imine (C=N–C) groups is 1. The van der Waals surface area contributed by atoms with Crippen molar-refractivity contribution < 1.29 is 4.74 Å². The molecule has 1 aliphatic heterocycles. The lowest BCUT2D eigenvalue weighted by atomic mass is 9.92. The highest BCUT2D eigenvalue weighted by Crippen LogP contribution is 2.49. The summed E-state index contributed by atoms with van der Waals surface area (Å²) in [5.74, 6) is 1.71. The second kappa shape index (κ2) is 7.56. The Morgan fingerprint density at radius 1 is 1.38 bits per heavy atom.